The van der Waals surface area contributed by atoms with Crippen LogP contribution in [-0.4, -0.2) is 32.5 Å². The molecule has 3 atom stereocenters. The minimum Gasteiger partial charge on any atom is -0.441 e. The summed E-state index contributed by atoms with van der Waals surface area (Å²) in [5.74, 6) is -0.912. The Bertz CT molecular complexity index is 375. The van der Waals surface area contributed by atoms with Crippen molar-refractivity contribution in [3.05, 3.63) is 0 Å². The molecule has 5 nitrogen and oxygen atoms in total. The number of hydrogen-bond donors (Lipinski definition) is 1. The molecule has 0 bridgehead atoms. The molecule has 0 aromatic carbocycles. The topological polar surface area (TPSA) is 64.6 Å². The van der Waals surface area contributed by atoms with Gasteiger partial charge in [0.15, 0.2) is 14.5 Å². The lowest BCUT2D eigenvalue weighted by atomic mass is 9.93. The summed E-state index contributed by atoms with van der Waals surface area (Å²) in [6.07, 6.45) is -0.802. The Balaban J connectivity index is 2.69. The average molecular weight is 287 g/mol. The highest BCUT2D eigenvalue weighted by molar-refractivity contribution is 6.74. The largest absolute Gasteiger partial charge is 0.441 e. The lowest BCUT2D eigenvalue weighted by Gasteiger charge is -2.44. The summed E-state index contributed by atoms with van der Waals surface area (Å²) in [5, 5.41) is 2.66. The predicted molar refractivity (Wildman–Crippen MR) is 74.9 cm³/mol. The van der Waals surface area contributed by atoms with E-state index in [0.29, 0.717) is 0 Å². The third-order valence-electron chi connectivity index (χ3n) is 4.00. The predicted octanol–water partition coefficient (Wildman–Crippen LogP) is 2.03. The molecular weight excluding hydrogens is 262 g/mol. The van der Waals surface area contributed by atoms with Crippen molar-refractivity contribution < 1.29 is 18.8 Å². The van der Waals surface area contributed by atoms with Crippen LogP contribution in [-0.2, 0) is 18.8 Å². The molecule has 0 spiro atoms. The molecule has 1 fully saturated rings. The van der Waals surface area contributed by atoms with Crippen LogP contribution in [0.4, 0.5) is 0 Å². The molecule has 0 aromatic heterocycles. The van der Waals surface area contributed by atoms with Crippen LogP contribution >= 0.6 is 0 Å². The van der Waals surface area contributed by atoms with Gasteiger partial charge in [-0.3, -0.25) is 9.59 Å². The highest BCUT2D eigenvalue weighted by atomic mass is 28.4. The van der Waals surface area contributed by atoms with E-state index in [2.05, 4.69) is 39.2 Å². The van der Waals surface area contributed by atoms with Crippen LogP contribution in [0.3, 0.4) is 0 Å². The molecule has 19 heavy (non-hydrogen) atoms. The number of amides is 1. The highest BCUT2D eigenvalue weighted by Gasteiger charge is 2.49. The molecule has 0 saturated carbocycles. The molecule has 110 valence electrons. The van der Waals surface area contributed by atoms with E-state index in [4.69, 9.17) is 9.16 Å². The maximum atomic E-state index is 11.6. The number of hydrogen-bond acceptors (Lipinski definition) is 4. The molecule has 1 saturated heterocycles. The van der Waals surface area contributed by atoms with Crippen molar-refractivity contribution in [1.29, 1.82) is 0 Å². The van der Waals surface area contributed by atoms with Crippen LogP contribution < -0.4 is 5.32 Å². The van der Waals surface area contributed by atoms with Crippen molar-refractivity contribution in [1.82, 2.24) is 5.32 Å². The zero-order valence-corrected chi connectivity index (χ0v) is 13.9. The van der Waals surface area contributed by atoms with Crippen molar-refractivity contribution in [3.8, 4) is 0 Å². The molecular formula is C13H25NO4Si. The Kier molecular flexibility index (Phi) is 4.46. The van der Waals surface area contributed by atoms with Gasteiger partial charge in [0.1, 0.15) is 5.92 Å². The van der Waals surface area contributed by atoms with E-state index in [1.807, 2.05) is 6.92 Å². The standard InChI is InChI=1S/C13H25NO4Si/c1-8(18-19(6,7)13(3,4)5)10-11(16)14-12(10)17-9(2)15/h8,10,12H,1-7H3,(H,14,16)/t8?,10-,12+/m1/s1. The highest BCUT2D eigenvalue weighted by Crippen LogP contribution is 2.39. The van der Waals surface area contributed by atoms with Crippen molar-refractivity contribution in [2.75, 3.05) is 0 Å². The zero-order chi connectivity index (χ0) is 15.0. The molecule has 1 N–H and O–H groups in total. The first-order chi connectivity index (χ1) is 8.45. The van der Waals surface area contributed by atoms with Crippen molar-refractivity contribution in [2.45, 2.75) is 65.1 Å². The summed E-state index contributed by atoms with van der Waals surface area (Å²) in [6.45, 7) is 13.9. The van der Waals surface area contributed by atoms with E-state index in [0.717, 1.165) is 0 Å². The summed E-state index contributed by atoms with van der Waals surface area (Å²) >= 11 is 0. The average Bonchev–Trinajstić information content (AvgIpc) is 2.12. The van der Waals surface area contributed by atoms with E-state index in [1.165, 1.54) is 6.92 Å². The second-order valence-electron chi connectivity index (χ2n) is 6.65. The van der Waals surface area contributed by atoms with Gasteiger partial charge < -0.3 is 14.5 Å². The van der Waals surface area contributed by atoms with Gasteiger partial charge in [0.25, 0.3) is 0 Å². The maximum Gasteiger partial charge on any atom is 0.304 e. The number of rotatable bonds is 4. The third kappa shape index (κ3) is 3.57. The zero-order valence-electron chi connectivity index (χ0n) is 12.9. The van der Waals surface area contributed by atoms with Crippen LogP contribution in [0, 0.1) is 5.92 Å². The smallest absolute Gasteiger partial charge is 0.304 e. The number of esters is 1. The van der Waals surface area contributed by atoms with Gasteiger partial charge in [0, 0.05) is 6.92 Å². The van der Waals surface area contributed by atoms with Crippen molar-refractivity contribution in [2.24, 2.45) is 5.92 Å². The SMILES string of the molecule is CC(=O)O[C@@H]1NC(=O)[C@H]1C(C)O[Si](C)(C)C(C)(C)C. The lowest BCUT2D eigenvalue weighted by molar-refractivity contribution is -0.173. The summed E-state index contributed by atoms with van der Waals surface area (Å²) in [4.78, 5) is 22.6. The van der Waals surface area contributed by atoms with E-state index >= 15 is 0 Å². The molecule has 1 heterocycles. The number of β-lactam (4-membered cyclic amide) rings is 1. The second kappa shape index (κ2) is 5.24. The minimum atomic E-state index is -1.93. The first kappa shape index (κ1) is 16.2. The Morgan fingerprint density at radius 1 is 1.37 bits per heavy atom. The first-order valence-electron chi connectivity index (χ1n) is 6.61. The Morgan fingerprint density at radius 2 is 1.89 bits per heavy atom. The summed E-state index contributed by atoms with van der Waals surface area (Å²) in [7, 11) is -1.93. The van der Waals surface area contributed by atoms with Crippen LogP contribution in [0.1, 0.15) is 34.6 Å². The van der Waals surface area contributed by atoms with Crippen LogP contribution in [0.5, 0.6) is 0 Å². The fourth-order valence-corrected chi connectivity index (χ4v) is 3.25. The van der Waals surface area contributed by atoms with Gasteiger partial charge in [-0.15, -0.1) is 0 Å². The van der Waals surface area contributed by atoms with Gasteiger partial charge in [-0.25, -0.2) is 0 Å². The normalized spacial score (nSPS) is 25.3. The molecule has 0 aromatic rings. The number of nitrogens with one attached hydrogen (secondary N) is 1. The summed E-state index contributed by atoms with van der Waals surface area (Å²) < 4.78 is 11.2. The molecule has 0 aliphatic carbocycles. The molecule has 1 aliphatic heterocycles. The minimum absolute atomic E-state index is 0.0818. The van der Waals surface area contributed by atoms with Crippen molar-refractivity contribution in [3.63, 3.8) is 0 Å². The van der Waals surface area contributed by atoms with Gasteiger partial charge in [0.05, 0.1) is 6.10 Å². The number of carbonyl (C=O) groups is 2. The fourth-order valence-electron chi connectivity index (χ4n) is 1.82. The van der Waals surface area contributed by atoms with E-state index < -0.39 is 26.4 Å². The molecule has 6 heteroatoms. The Morgan fingerprint density at radius 3 is 2.26 bits per heavy atom. The van der Waals surface area contributed by atoms with Gasteiger partial charge in [-0.05, 0) is 25.1 Å². The van der Waals surface area contributed by atoms with Gasteiger partial charge in [-0.2, -0.15) is 0 Å². The van der Waals surface area contributed by atoms with E-state index in [-0.39, 0.29) is 17.0 Å². The van der Waals surface area contributed by atoms with Crippen LogP contribution in [0.15, 0.2) is 0 Å². The quantitative estimate of drug-likeness (QED) is 0.488. The van der Waals surface area contributed by atoms with Crippen LogP contribution in [0.25, 0.3) is 0 Å². The Hall–Kier alpha value is -0.883. The lowest BCUT2D eigenvalue weighted by Crippen LogP contribution is -2.65. The molecule has 1 rings (SSSR count). The molecule has 1 amide bonds. The maximum absolute atomic E-state index is 11.6. The molecule has 1 aliphatic rings. The number of ether oxygens (including phenoxy) is 1. The third-order valence-corrected chi connectivity index (χ3v) is 8.57. The molecule has 1 unspecified atom stereocenters. The van der Waals surface area contributed by atoms with Gasteiger partial charge in [-0.1, -0.05) is 20.8 Å². The Labute approximate surface area is 116 Å². The van der Waals surface area contributed by atoms with E-state index in [1.54, 1.807) is 0 Å². The number of carbonyl (C=O) groups excluding carboxylic acids is 2. The fraction of sp³-hybridized carbons (Fsp3) is 0.846. The van der Waals surface area contributed by atoms with Crippen molar-refractivity contribution >= 4 is 20.2 Å². The first-order valence-corrected chi connectivity index (χ1v) is 9.52. The summed E-state index contributed by atoms with van der Waals surface area (Å²) in [6, 6.07) is 0. The van der Waals surface area contributed by atoms with Crippen LogP contribution in [0.2, 0.25) is 18.1 Å². The monoisotopic (exact) mass is 287 g/mol. The molecule has 0 radical (unpaired) electrons. The van der Waals surface area contributed by atoms with Gasteiger partial charge >= 0.3 is 5.97 Å². The van der Waals surface area contributed by atoms with E-state index in [9.17, 15) is 9.59 Å². The van der Waals surface area contributed by atoms with Gasteiger partial charge in [0.2, 0.25) is 5.91 Å². The second-order valence-corrected chi connectivity index (χ2v) is 11.4. The summed E-state index contributed by atoms with van der Waals surface area (Å²) in [5.41, 5.74) is 0.